The largest absolute Gasteiger partial charge is 0.493 e. The van der Waals surface area contributed by atoms with E-state index >= 15 is 0 Å². The van der Waals surface area contributed by atoms with Gasteiger partial charge in [-0.25, -0.2) is 0 Å². The highest BCUT2D eigenvalue weighted by Gasteiger charge is 2.25. The highest BCUT2D eigenvalue weighted by molar-refractivity contribution is 5.43. The predicted molar refractivity (Wildman–Crippen MR) is 76.0 cm³/mol. The summed E-state index contributed by atoms with van der Waals surface area (Å²) in [5, 5.41) is 3.60. The zero-order valence-corrected chi connectivity index (χ0v) is 11.7. The van der Waals surface area contributed by atoms with Gasteiger partial charge in [0.05, 0.1) is 13.2 Å². The molecule has 3 heteroatoms. The molecular formula is C16H23NO2. The first-order valence-corrected chi connectivity index (χ1v) is 7.42. The molecule has 2 fully saturated rings. The Hall–Kier alpha value is -1.22. The van der Waals surface area contributed by atoms with E-state index in [1.807, 2.05) is 6.07 Å². The van der Waals surface area contributed by atoms with Crippen LogP contribution in [0.3, 0.4) is 0 Å². The Kier molecular flexibility index (Phi) is 3.92. The Morgan fingerprint density at radius 1 is 1.16 bits per heavy atom. The van der Waals surface area contributed by atoms with Crippen LogP contribution in [0, 0.1) is 0 Å². The van der Waals surface area contributed by atoms with Crippen molar-refractivity contribution in [2.45, 2.75) is 50.7 Å². The van der Waals surface area contributed by atoms with E-state index in [1.54, 1.807) is 7.11 Å². The topological polar surface area (TPSA) is 30.5 Å². The van der Waals surface area contributed by atoms with Crippen LogP contribution in [0.25, 0.3) is 0 Å². The van der Waals surface area contributed by atoms with Gasteiger partial charge in [-0.05, 0) is 56.3 Å². The fourth-order valence-electron chi connectivity index (χ4n) is 2.69. The summed E-state index contributed by atoms with van der Waals surface area (Å²) >= 11 is 0. The van der Waals surface area contributed by atoms with Gasteiger partial charge in [0, 0.05) is 6.04 Å². The Bertz CT molecular complexity index is 423. The van der Waals surface area contributed by atoms with Crippen molar-refractivity contribution in [3.8, 4) is 11.5 Å². The molecular weight excluding hydrogens is 238 g/mol. The summed E-state index contributed by atoms with van der Waals surface area (Å²) in [5.74, 6) is 1.77. The maximum Gasteiger partial charge on any atom is 0.161 e. The van der Waals surface area contributed by atoms with E-state index in [9.17, 15) is 0 Å². The third-order valence-electron chi connectivity index (χ3n) is 3.94. The number of nitrogens with one attached hydrogen (secondary N) is 1. The molecule has 1 N–H and O–H groups in total. The van der Waals surface area contributed by atoms with Crippen LogP contribution in [-0.2, 0) is 6.42 Å². The van der Waals surface area contributed by atoms with Crippen LogP contribution >= 0.6 is 0 Å². The minimum absolute atomic E-state index is 0.414. The second kappa shape index (κ2) is 5.83. The number of hydrogen-bond donors (Lipinski definition) is 1. The molecule has 1 unspecified atom stereocenters. The van der Waals surface area contributed by atoms with Gasteiger partial charge in [0.1, 0.15) is 0 Å². The normalized spacial score (nSPS) is 23.1. The lowest BCUT2D eigenvalue weighted by Crippen LogP contribution is -2.35. The molecule has 0 bridgehead atoms. The van der Waals surface area contributed by atoms with E-state index in [0.29, 0.717) is 12.1 Å². The van der Waals surface area contributed by atoms with Crippen molar-refractivity contribution in [3.05, 3.63) is 23.8 Å². The first-order chi connectivity index (χ1) is 9.35. The van der Waals surface area contributed by atoms with Crippen molar-refractivity contribution in [2.24, 2.45) is 0 Å². The number of ether oxygens (including phenoxy) is 2. The molecule has 1 aliphatic carbocycles. The van der Waals surface area contributed by atoms with E-state index in [4.69, 9.17) is 9.47 Å². The van der Waals surface area contributed by atoms with E-state index in [-0.39, 0.29) is 0 Å². The van der Waals surface area contributed by atoms with Crippen molar-refractivity contribution in [1.29, 1.82) is 0 Å². The molecule has 1 saturated carbocycles. The van der Waals surface area contributed by atoms with Crippen molar-refractivity contribution in [1.82, 2.24) is 5.32 Å². The number of rotatable bonds is 5. The van der Waals surface area contributed by atoms with Gasteiger partial charge in [0.25, 0.3) is 0 Å². The third-order valence-corrected chi connectivity index (χ3v) is 3.94. The molecule has 3 rings (SSSR count). The molecule has 19 heavy (non-hydrogen) atoms. The summed E-state index contributed by atoms with van der Waals surface area (Å²) in [4.78, 5) is 0. The van der Waals surface area contributed by atoms with E-state index in [2.05, 4.69) is 17.4 Å². The first-order valence-electron chi connectivity index (χ1n) is 7.42. The van der Waals surface area contributed by atoms with E-state index in [0.717, 1.165) is 24.5 Å². The number of methoxy groups -OCH3 is 1. The van der Waals surface area contributed by atoms with Crippen molar-refractivity contribution >= 4 is 0 Å². The van der Waals surface area contributed by atoms with Gasteiger partial charge in [-0.3, -0.25) is 0 Å². The SMILES string of the molecule is COc1ccc(CC2CCCCN2)cc1OC1CC1. The lowest BCUT2D eigenvalue weighted by molar-refractivity contribution is 0.281. The Morgan fingerprint density at radius 3 is 2.74 bits per heavy atom. The smallest absolute Gasteiger partial charge is 0.161 e. The molecule has 1 aliphatic heterocycles. The maximum atomic E-state index is 5.93. The van der Waals surface area contributed by atoms with Crippen LogP contribution in [0.15, 0.2) is 18.2 Å². The average Bonchev–Trinajstić information content (AvgIpc) is 3.24. The second-order valence-electron chi connectivity index (χ2n) is 5.65. The van der Waals surface area contributed by atoms with Crippen LogP contribution in [0.2, 0.25) is 0 Å². The summed E-state index contributed by atoms with van der Waals surface area (Å²) in [5.41, 5.74) is 1.34. The quantitative estimate of drug-likeness (QED) is 0.884. The molecule has 1 aromatic rings. The highest BCUT2D eigenvalue weighted by atomic mass is 16.5. The molecule has 1 saturated heterocycles. The molecule has 1 aromatic carbocycles. The lowest BCUT2D eigenvalue weighted by atomic mass is 9.97. The maximum absolute atomic E-state index is 5.93. The lowest BCUT2D eigenvalue weighted by Gasteiger charge is -2.23. The molecule has 3 nitrogen and oxygen atoms in total. The fourth-order valence-corrected chi connectivity index (χ4v) is 2.69. The van der Waals surface area contributed by atoms with Gasteiger partial charge in [0.2, 0.25) is 0 Å². The second-order valence-corrected chi connectivity index (χ2v) is 5.65. The molecule has 2 aliphatic rings. The van der Waals surface area contributed by atoms with Gasteiger partial charge >= 0.3 is 0 Å². The van der Waals surface area contributed by atoms with Crippen LogP contribution < -0.4 is 14.8 Å². The molecule has 0 amide bonds. The Morgan fingerprint density at radius 2 is 2.05 bits per heavy atom. The van der Waals surface area contributed by atoms with Crippen LogP contribution in [-0.4, -0.2) is 25.8 Å². The van der Waals surface area contributed by atoms with E-state index < -0.39 is 0 Å². The minimum atomic E-state index is 0.414. The van der Waals surface area contributed by atoms with E-state index in [1.165, 1.54) is 37.7 Å². The Labute approximate surface area is 115 Å². The standard InChI is InChI=1S/C16H23NO2/c1-18-15-8-5-12(10-13-4-2-3-9-17-13)11-16(15)19-14-6-7-14/h5,8,11,13-14,17H,2-4,6-7,9-10H2,1H3. The summed E-state index contributed by atoms with van der Waals surface area (Å²) in [6, 6.07) is 6.98. The fraction of sp³-hybridized carbons (Fsp3) is 0.625. The number of benzene rings is 1. The number of hydrogen-bond acceptors (Lipinski definition) is 3. The van der Waals surface area contributed by atoms with Crippen LogP contribution in [0.4, 0.5) is 0 Å². The monoisotopic (exact) mass is 261 g/mol. The zero-order valence-electron chi connectivity index (χ0n) is 11.7. The van der Waals surface area contributed by atoms with Gasteiger partial charge in [-0.2, -0.15) is 0 Å². The highest BCUT2D eigenvalue weighted by Crippen LogP contribution is 2.34. The summed E-state index contributed by atoms with van der Waals surface area (Å²) < 4.78 is 11.3. The summed E-state index contributed by atoms with van der Waals surface area (Å²) in [7, 11) is 1.71. The molecule has 1 heterocycles. The summed E-state index contributed by atoms with van der Waals surface area (Å²) in [6.45, 7) is 1.16. The average molecular weight is 261 g/mol. The first kappa shape index (κ1) is 12.8. The van der Waals surface area contributed by atoms with Gasteiger partial charge in [-0.15, -0.1) is 0 Å². The van der Waals surface area contributed by atoms with Crippen molar-refractivity contribution < 1.29 is 9.47 Å². The molecule has 0 radical (unpaired) electrons. The molecule has 0 aromatic heterocycles. The van der Waals surface area contributed by atoms with Crippen molar-refractivity contribution in [2.75, 3.05) is 13.7 Å². The summed E-state index contributed by atoms with van der Waals surface area (Å²) in [6.07, 6.45) is 7.80. The third kappa shape index (κ3) is 3.41. The number of piperidine rings is 1. The molecule has 104 valence electrons. The van der Waals surface area contributed by atoms with Gasteiger partial charge < -0.3 is 14.8 Å². The minimum Gasteiger partial charge on any atom is -0.493 e. The zero-order chi connectivity index (χ0) is 13.1. The van der Waals surface area contributed by atoms with Crippen LogP contribution in [0.5, 0.6) is 11.5 Å². The van der Waals surface area contributed by atoms with Crippen molar-refractivity contribution in [3.63, 3.8) is 0 Å². The van der Waals surface area contributed by atoms with Gasteiger partial charge in [-0.1, -0.05) is 12.5 Å². The van der Waals surface area contributed by atoms with Crippen LogP contribution in [0.1, 0.15) is 37.7 Å². The molecule has 1 atom stereocenters. The predicted octanol–water partition coefficient (Wildman–Crippen LogP) is 2.92. The molecule has 0 spiro atoms. The van der Waals surface area contributed by atoms with Gasteiger partial charge in [0.15, 0.2) is 11.5 Å². The Balaban J connectivity index is 1.69.